The molecule has 0 aliphatic carbocycles. The molecule has 1 fully saturated rings. The minimum atomic E-state index is 0. The molecule has 0 radical (unpaired) electrons. The molecule has 1 N–H and O–H groups in total. The number of nitrogens with one attached hydrogen (secondary N) is 1. The predicted octanol–water partition coefficient (Wildman–Crippen LogP) is 3.76. The second-order valence-electron chi connectivity index (χ2n) is 5.93. The first-order chi connectivity index (χ1) is 10.8. The molecule has 5 nitrogen and oxygen atoms in total. The van der Waals surface area contributed by atoms with Crippen LogP contribution in [0.5, 0.6) is 0 Å². The zero-order chi connectivity index (χ0) is 14.9. The van der Waals surface area contributed by atoms with Gasteiger partial charge in [-0.25, -0.2) is 9.97 Å². The van der Waals surface area contributed by atoms with E-state index in [1.165, 1.54) is 5.69 Å². The van der Waals surface area contributed by atoms with Crippen molar-refractivity contribution in [1.82, 2.24) is 25.1 Å². The van der Waals surface area contributed by atoms with Crippen LogP contribution in [-0.2, 0) is 7.05 Å². The maximum absolute atomic E-state index is 4.78. The van der Waals surface area contributed by atoms with Crippen molar-refractivity contribution in [1.29, 1.82) is 0 Å². The number of fused-ring (bicyclic) bond motifs is 1. The summed E-state index contributed by atoms with van der Waals surface area (Å²) in [6, 6.07) is 6.44. The largest absolute Gasteiger partial charge is 0.317 e. The summed E-state index contributed by atoms with van der Waals surface area (Å²) >= 11 is 0. The van der Waals surface area contributed by atoms with E-state index < -0.39 is 0 Å². The van der Waals surface area contributed by atoms with Crippen LogP contribution in [0.1, 0.15) is 24.5 Å². The van der Waals surface area contributed by atoms with Gasteiger partial charge in [0.1, 0.15) is 0 Å². The zero-order valence-electron chi connectivity index (χ0n) is 13.9. The molecule has 1 aliphatic heterocycles. The number of rotatable bonds is 2. The molecule has 0 aromatic carbocycles. The van der Waals surface area contributed by atoms with E-state index in [2.05, 4.69) is 33.6 Å². The fourth-order valence-corrected chi connectivity index (χ4v) is 3.10. The van der Waals surface area contributed by atoms with Crippen molar-refractivity contribution in [3.63, 3.8) is 0 Å². The van der Waals surface area contributed by atoms with Gasteiger partial charge in [-0.1, -0.05) is 0 Å². The summed E-state index contributed by atoms with van der Waals surface area (Å²) in [7, 11) is 1.92. The van der Waals surface area contributed by atoms with Gasteiger partial charge in [0.05, 0.1) is 6.20 Å². The van der Waals surface area contributed by atoms with Gasteiger partial charge in [0.2, 0.25) is 0 Å². The summed E-state index contributed by atoms with van der Waals surface area (Å²) in [4.78, 5) is 9.34. The lowest BCUT2D eigenvalue weighted by Gasteiger charge is -2.22. The molecule has 25 heavy (non-hydrogen) atoms. The lowest BCUT2D eigenvalue weighted by Crippen LogP contribution is -2.27. The minimum absolute atomic E-state index is 0. The Bertz CT molecular complexity index is 815. The highest BCUT2D eigenvalue weighted by Crippen LogP contribution is 2.26. The van der Waals surface area contributed by atoms with Gasteiger partial charge in [0, 0.05) is 47.6 Å². The normalized spacial score (nSPS) is 14.3. The maximum Gasteiger partial charge on any atom is 0.159 e. The van der Waals surface area contributed by atoms with Gasteiger partial charge in [-0.3, -0.25) is 4.68 Å². The molecular weight excluding hydrogens is 381 g/mol. The summed E-state index contributed by atoms with van der Waals surface area (Å²) in [5, 5.41) is 8.70. The molecule has 0 saturated carbocycles. The van der Waals surface area contributed by atoms with Gasteiger partial charge in [0.25, 0.3) is 0 Å². The fraction of sp³-hybridized carbons (Fsp3) is 0.353. The number of hydrogen-bond acceptors (Lipinski definition) is 4. The van der Waals surface area contributed by atoms with Crippen molar-refractivity contribution < 1.29 is 0 Å². The van der Waals surface area contributed by atoms with E-state index in [-0.39, 0.29) is 37.2 Å². The van der Waals surface area contributed by atoms with Crippen molar-refractivity contribution in [2.45, 2.75) is 18.8 Å². The molecule has 0 bridgehead atoms. The van der Waals surface area contributed by atoms with Crippen LogP contribution in [0.4, 0.5) is 0 Å². The molecule has 0 atom stereocenters. The highest BCUT2D eigenvalue weighted by molar-refractivity contribution is 5.86. The van der Waals surface area contributed by atoms with Crippen LogP contribution < -0.4 is 5.32 Å². The Morgan fingerprint density at radius 3 is 2.48 bits per heavy atom. The number of halogens is 3. The number of aryl methyl sites for hydroxylation is 1. The second-order valence-corrected chi connectivity index (χ2v) is 5.93. The smallest absolute Gasteiger partial charge is 0.159 e. The Balaban J connectivity index is 0.00000104. The Morgan fingerprint density at radius 1 is 1.04 bits per heavy atom. The molecule has 0 spiro atoms. The molecule has 3 aromatic rings. The highest BCUT2D eigenvalue weighted by Gasteiger charge is 2.17. The van der Waals surface area contributed by atoms with E-state index in [9.17, 15) is 0 Å². The van der Waals surface area contributed by atoms with Gasteiger partial charge in [-0.05, 0) is 44.1 Å². The van der Waals surface area contributed by atoms with Crippen molar-refractivity contribution >= 4 is 48.3 Å². The van der Waals surface area contributed by atoms with Gasteiger partial charge in [-0.2, -0.15) is 5.10 Å². The summed E-state index contributed by atoms with van der Waals surface area (Å²) < 4.78 is 1.80. The molecule has 3 aromatic heterocycles. The van der Waals surface area contributed by atoms with E-state index >= 15 is 0 Å². The quantitative estimate of drug-likeness (QED) is 0.709. The molecule has 0 amide bonds. The Kier molecular flexibility index (Phi) is 8.09. The summed E-state index contributed by atoms with van der Waals surface area (Å²) in [5.74, 6) is 0.561. The topological polar surface area (TPSA) is 55.6 Å². The van der Waals surface area contributed by atoms with Crippen LogP contribution >= 0.6 is 37.2 Å². The van der Waals surface area contributed by atoms with Crippen molar-refractivity contribution in [2.24, 2.45) is 7.05 Å². The van der Waals surface area contributed by atoms with E-state index in [0.717, 1.165) is 48.1 Å². The molecule has 8 heteroatoms. The van der Waals surface area contributed by atoms with Crippen molar-refractivity contribution in [3.8, 4) is 11.1 Å². The number of piperidine rings is 1. The van der Waals surface area contributed by atoms with Crippen LogP contribution in [0.2, 0.25) is 0 Å². The van der Waals surface area contributed by atoms with Gasteiger partial charge in [0.15, 0.2) is 5.65 Å². The fourth-order valence-electron chi connectivity index (χ4n) is 3.10. The van der Waals surface area contributed by atoms with Gasteiger partial charge in [-0.15, -0.1) is 37.2 Å². The van der Waals surface area contributed by atoms with Crippen molar-refractivity contribution in [2.75, 3.05) is 13.1 Å². The molecule has 0 unspecified atom stereocenters. The van der Waals surface area contributed by atoms with Gasteiger partial charge < -0.3 is 5.32 Å². The number of hydrogen-bond donors (Lipinski definition) is 1. The molecule has 1 aliphatic rings. The third kappa shape index (κ3) is 4.61. The summed E-state index contributed by atoms with van der Waals surface area (Å²) in [5.41, 5.74) is 4.18. The number of aromatic nitrogens is 4. The minimum Gasteiger partial charge on any atom is -0.317 e. The standard InChI is InChI=1S/C17H19N5.3ClH/c1-22-11-15(10-20-22)14-8-13-2-3-16(21-17(13)19-9-14)12-4-6-18-7-5-12;;;/h2-3,8-12,18H,4-7H2,1H3;3*1H. The summed E-state index contributed by atoms with van der Waals surface area (Å²) in [6.45, 7) is 2.16. The van der Waals surface area contributed by atoms with Crippen LogP contribution in [0.15, 0.2) is 36.8 Å². The van der Waals surface area contributed by atoms with E-state index in [1.807, 2.05) is 25.6 Å². The van der Waals surface area contributed by atoms with E-state index in [1.54, 1.807) is 4.68 Å². The van der Waals surface area contributed by atoms with Gasteiger partial charge >= 0.3 is 0 Å². The second kappa shape index (κ2) is 9.34. The highest BCUT2D eigenvalue weighted by atomic mass is 35.5. The van der Waals surface area contributed by atoms with Crippen LogP contribution in [0.3, 0.4) is 0 Å². The molecule has 136 valence electrons. The first-order valence-electron chi connectivity index (χ1n) is 7.76. The Labute approximate surface area is 165 Å². The molecule has 1 saturated heterocycles. The maximum atomic E-state index is 4.78. The molecular formula is C17H22Cl3N5. The Hall–Kier alpha value is -1.40. The van der Waals surface area contributed by atoms with Crippen LogP contribution in [-0.4, -0.2) is 32.8 Å². The molecule has 4 heterocycles. The molecule has 4 rings (SSSR count). The first-order valence-corrected chi connectivity index (χ1v) is 7.76. The predicted molar refractivity (Wildman–Crippen MR) is 108 cm³/mol. The third-order valence-corrected chi connectivity index (χ3v) is 4.36. The van der Waals surface area contributed by atoms with Crippen LogP contribution in [0, 0.1) is 0 Å². The number of nitrogens with zero attached hydrogens (tertiary/aromatic N) is 4. The SMILES string of the molecule is Cl.Cl.Cl.Cn1cc(-c2cnc3nc(C4CCNCC4)ccc3c2)cn1. The first kappa shape index (κ1) is 21.6. The number of pyridine rings is 2. The zero-order valence-corrected chi connectivity index (χ0v) is 16.3. The summed E-state index contributed by atoms with van der Waals surface area (Å²) in [6.07, 6.45) is 8.07. The lowest BCUT2D eigenvalue weighted by molar-refractivity contribution is 0.454. The lowest BCUT2D eigenvalue weighted by atomic mass is 9.94. The monoisotopic (exact) mass is 401 g/mol. The average molecular weight is 403 g/mol. The van der Waals surface area contributed by atoms with E-state index in [0.29, 0.717) is 5.92 Å². The van der Waals surface area contributed by atoms with Crippen molar-refractivity contribution in [3.05, 3.63) is 42.5 Å². The van der Waals surface area contributed by atoms with E-state index in [4.69, 9.17) is 4.98 Å². The average Bonchev–Trinajstić information content (AvgIpc) is 3.01. The Morgan fingerprint density at radius 2 is 1.80 bits per heavy atom. The van der Waals surface area contributed by atoms with Crippen LogP contribution in [0.25, 0.3) is 22.2 Å². The third-order valence-electron chi connectivity index (χ3n) is 4.36.